The molecular weight excluding hydrogens is 310 g/mol. The largest absolute Gasteiger partial charge is 0.342 e. The molecule has 0 spiro atoms. The van der Waals surface area contributed by atoms with Gasteiger partial charge in [0.2, 0.25) is 5.91 Å². The van der Waals surface area contributed by atoms with Crippen LogP contribution in [0.1, 0.15) is 36.2 Å². The predicted molar refractivity (Wildman–Crippen MR) is 99.6 cm³/mol. The summed E-state index contributed by atoms with van der Waals surface area (Å²) in [4.78, 5) is 19.0. The van der Waals surface area contributed by atoms with Crippen LogP contribution in [0.25, 0.3) is 11.0 Å². The van der Waals surface area contributed by atoms with Crippen LogP contribution in [-0.4, -0.2) is 33.4 Å². The number of carbonyl (C=O) groups excluding carboxylic acids is 1. The van der Waals surface area contributed by atoms with Crippen molar-refractivity contribution < 1.29 is 4.79 Å². The molecule has 1 aliphatic heterocycles. The third kappa shape index (κ3) is 2.93. The summed E-state index contributed by atoms with van der Waals surface area (Å²) in [5.41, 5.74) is 4.67. The fourth-order valence-electron chi connectivity index (χ4n) is 3.70. The first-order chi connectivity index (χ1) is 12.2. The number of amides is 1. The molecule has 0 aliphatic carbocycles. The number of hydrogen-bond acceptors (Lipinski definition) is 2. The van der Waals surface area contributed by atoms with Crippen molar-refractivity contribution in [2.75, 3.05) is 13.1 Å². The molecule has 1 fully saturated rings. The molecule has 4 nitrogen and oxygen atoms in total. The monoisotopic (exact) mass is 333 g/mol. The average molecular weight is 333 g/mol. The SMILES string of the molecule is CCN1C[C@@H](c2nc3ccccc3n2Cc2ccc(C)cc2)CC1=O. The van der Waals surface area contributed by atoms with Crippen LogP contribution in [0, 0.1) is 6.92 Å². The topological polar surface area (TPSA) is 38.1 Å². The molecule has 4 heteroatoms. The van der Waals surface area contributed by atoms with Gasteiger partial charge in [-0.2, -0.15) is 0 Å². The highest BCUT2D eigenvalue weighted by Crippen LogP contribution is 2.30. The Balaban J connectivity index is 1.76. The van der Waals surface area contributed by atoms with Crippen molar-refractivity contribution in [1.82, 2.24) is 14.5 Å². The van der Waals surface area contributed by atoms with Crippen molar-refractivity contribution >= 4 is 16.9 Å². The lowest BCUT2D eigenvalue weighted by atomic mass is 10.1. The molecule has 1 amide bonds. The van der Waals surface area contributed by atoms with E-state index in [-0.39, 0.29) is 11.8 Å². The molecule has 0 bridgehead atoms. The van der Waals surface area contributed by atoms with E-state index in [1.54, 1.807) is 0 Å². The number of hydrogen-bond donors (Lipinski definition) is 0. The number of rotatable bonds is 4. The Bertz CT molecular complexity index is 911. The third-order valence-electron chi connectivity index (χ3n) is 5.11. The first kappa shape index (κ1) is 15.9. The van der Waals surface area contributed by atoms with Crippen molar-refractivity contribution in [2.24, 2.45) is 0 Å². The first-order valence-corrected chi connectivity index (χ1v) is 8.94. The van der Waals surface area contributed by atoms with E-state index in [0.717, 1.165) is 36.5 Å². The molecule has 1 aliphatic rings. The van der Waals surface area contributed by atoms with E-state index >= 15 is 0 Å². The van der Waals surface area contributed by atoms with Gasteiger partial charge >= 0.3 is 0 Å². The van der Waals surface area contributed by atoms with Gasteiger partial charge in [0.25, 0.3) is 0 Å². The fraction of sp³-hybridized carbons (Fsp3) is 0.333. The van der Waals surface area contributed by atoms with Crippen LogP contribution in [0.15, 0.2) is 48.5 Å². The average Bonchev–Trinajstić information content (AvgIpc) is 3.17. The number of likely N-dealkylation sites (tertiary alicyclic amines) is 1. The van der Waals surface area contributed by atoms with Gasteiger partial charge in [0.15, 0.2) is 0 Å². The highest BCUT2D eigenvalue weighted by Gasteiger charge is 2.33. The van der Waals surface area contributed by atoms with Crippen molar-refractivity contribution in [3.8, 4) is 0 Å². The summed E-state index contributed by atoms with van der Waals surface area (Å²) in [6, 6.07) is 16.9. The maximum atomic E-state index is 12.2. The number of aryl methyl sites for hydroxylation is 1. The summed E-state index contributed by atoms with van der Waals surface area (Å²) < 4.78 is 2.29. The second kappa shape index (κ2) is 6.36. The zero-order valence-electron chi connectivity index (χ0n) is 14.8. The van der Waals surface area contributed by atoms with E-state index in [1.807, 2.05) is 17.9 Å². The van der Waals surface area contributed by atoms with Gasteiger partial charge in [0.1, 0.15) is 5.82 Å². The molecule has 1 atom stereocenters. The van der Waals surface area contributed by atoms with Crippen molar-refractivity contribution in [3.63, 3.8) is 0 Å². The third-order valence-corrected chi connectivity index (χ3v) is 5.11. The van der Waals surface area contributed by atoms with Crippen LogP contribution in [0.5, 0.6) is 0 Å². The second-order valence-electron chi connectivity index (χ2n) is 6.86. The van der Waals surface area contributed by atoms with Gasteiger partial charge in [-0.05, 0) is 31.5 Å². The number of imidazole rings is 1. The molecule has 4 rings (SSSR count). The van der Waals surface area contributed by atoms with Crippen molar-refractivity contribution in [1.29, 1.82) is 0 Å². The summed E-state index contributed by atoms with van der Waals surface area (Å²) in [5.74, 6) is 1.44. The van der Waals surface area contributed by atoms with Crippen LogP contribution in [0.2, 0.25) is 0 Å². The normalized spacial score (nSPS) is 17.6. The lowest BCUT2D eigenvalue weighted by molar-refractivity contribution is -0.127. The maximum Gasteiger partial charge on any atom is 0.223 e. The molecule has 2 aromatic carbocycles. The molecule has 128 valence electrons. The van der Waals surface area contributed by atoms with E-state index in [1.165, 1.54) is 11.1 Å². The molecule has 0 N–H and O–H groups in total. The molecule has 1 aromatic heterocycles. The number of aromatic nitrogens is 2. The number of para-hydroxylation sites is 2. The van der Waals surface area contributed by atoms with E-state index in [0.29, 0.717) is 6.42 Å². The number of nitrogens with zero attached hydrogens (tertiary/aromatic N) is 3. The van der Waals surface area contributed by atoms with Gasteiger partial charge in [-0.15, -0.1) is 0 Å². The van der Waals surface area contributed by atoms with Crippen LogP contribution >= 0.6 is 0 Å². The number of benzene rings is 2. The summed E-state index contributed by atoms with van der Waals surface area (Å²) in [6.45, 7) is 6.47. The van der Waals surface area contributed by atoms with Gasteiger partial charge in [0.05, 0.1) is 11.0 Å². The summed E-state index contributed by atoms with van der Waals surface area (Å²) in [6.07, 6.45) is 0.561. The Labute approximate surface area is 148 Å². The Hall–Kier alpha value is -2.62. The van der Waals surface area contributed by atoms with E-state index in [2.05, 4.69) is 54.0 Å². The number of likely N-dealkylation sites (N-methyl/N-ethyl adjacent to an activating group) is 1. The van der Waals surface area contributed by atoms with Gasteiger partial charge in [0, 0.05) is 32.0 Å². The standard InChI is InChI=1S/C21H23N3O/c1-3-23-14-17(12-20(23)25)21-22-18-6-4-5-7-19(18)24(21)13-16-10-8-15(2)9-11-16/h4-11,17H,3,12-14H2,1-2H3/t17-/m0/s1. The molecule has 0 saturated carbocycles. The van der Waals surface area contributed by atoms with Crippen LogP contribution in [0.4, 0.5) is 0 Å². The van der Waals surface area contributed by atoms with Crippen LogP contribution in [0.3, 0.4) is 0 Å². The quantitative estimate of drug-likeness (QED) is 0.730. The molecule has 25 heavy (non-hydrogen) atoms. The van der Waals surface area contributed by atoms with Crippen molar-refractivity contribution in [2.45, 2.75) is 32.7 Å². The zero-order chi connectivity index (χ0) is 17.4. The van der Waals surface area contributed by atoms with Crippen LogP contribution in [-0.2, 0) is 11.3 Å². The van der Waals surface area contributed by atoms with E-state index in [4.69, 9.17) is 4.98 Å². The van der Waals surface area contributed by atoms with Gasteiger partial charge in [-0.3, -0.25) is 4.79 Å². The summed E-state index contributed by atoms with van der Waals surface area (Å²) >= 11 is 0. The Kier molecular flexibility index (Phi) is 4.04. The summed E-state index contributed by atoms with van der Waals surface area (Å²) in [7, 11) is 0. The Morgan fingerprint density at radius 2 is 1.88 bits per heavy atom. The lowest BCUT2D eigenvalue weighted by Crippen LogP contribution is -2.24. The minimum Gasteiger partial charge on any atom is -0.342 e. The van der Waals surface area contributed by atoms with Gasteiger partial charge < -0.3 is 9.47 Å². The van der Waals surface area contributed by atoms with Crippen LogP contribution < -0.4 is 0 Å². The predicted octanol–water partition coefficient (Wildman–Crippen LogP) is 3.73. The Morgan fingerprint density at radius 1 is 1.12 bits per heavy atom. The highest BCUT2D eigenvalue weighted by molar-refractivity contribution is 5.80. The highest BCUT2D eigenvalue weighted by atomic mass is 16.2. The zero-order valence-corrected chi connectivity index (χ0v) is 14.8. The van der Waals surface area contributed by atoms with Gasteiger partial charge in [-0.25, -0.2) is 4.98 Å². The Morgan fingerprint density at radius 3 is 2.60 bits per heavy atom. The van der Waals surface area contributed by atoms with E-state index in [9.17, 15) is 4.79 Å². The second-order valence-corrected chi connectivity index (χ2v) is 6.86. The van der Waals surface area contributed by atoms with E-state index < -0.39 is 0 Å². The molecule has 3 aromatic rings. The molecule has 1 saturated heterocycles. The molecular formula is C21H23N3O. The van der Waals surface area contributed by atoms with Crippen molar-refractivity contribution in [3.05, 3.63) is 65.5 Å². The molecule has 0 radical (unpaired) electrons. The number of fused-ring (bicyclic) bond motifs is 1. The fourth-order valence-corrected chi connectivity index (χ4v) is 3.70. The smallest absolute Gasteiger partial charge is 0.223 e. The lowest BCUT2D eigenvalue weighted by Gasteiger charge is -2.15. The first-order valence-electron chi connectivity index (χ1n) is 8.94. The molecule has 0 unspecified atom stereocenters. The maximum absolute atomic E-state index is 12.2. The minimum absolute atomic E-state index is 0.172. The molecule has 2 heterocycles. The summed E-state index contributed by atoms with van der Waals surface area (Å²) in [5, 5.41) is 0. The van der Waals surface area contributed by atoms with Gasteiger partial charge in [-0.1, -0.05) is 42.0 Å². The minimum atomic E-state index is 0.172. The number of carbonyl (C=O) groups is 1.